The molecule has 0 radical (unpaired) electrons. The second-order valence-electron chi connectivity index (χ2n) is 7.10. The zero-order chi connectivity index (χ0) is 19.4. The van der Waals surface area contributed by atoms with Gasteiger partial charge in [0.25, 0.3) is 0 Å². The molecular formula is C21H25N5O. The van der Waals surface area contributed by atoms with Crippen molar-refractivity contribution in [1.82, 2.24) is 15.1 Å². The third kappa shape index (κ3) is 4.08. The average Bonchev–Trinajstić information content (AvgIpc) is 2.70. The molecule has 1 fully saturated rings. The summed E-state index contributed by atoms with van der Waals surface area (Å²) in [6.45, 7) is 8.45. The normalized spacial score (nSPS) is 15.3. The van der Waals surface area contributed by atoms with Gasteiger partial charge in [-0.15, -0.1) is 5.10 Å². The molecule has 1 aliphatic rings. The van der Waals surface area contributed by atoms with E-state index in [-0.39, 0.29) is 11.8 Å². The number of benzene rings is 1. The predicted octanol–water partition coefficient (Wildman–Crippen LogP) is 2.81. The van der Waals surface area contributed by atoms with E-state index in [2.05, 4.69) is 40.2 Å². The van der Waals surface area contributed by atoms with E-state index >= 15 is 0 Å². The van der Waals surface area contributed by atoms with E-state index < -0.39 is 0 Å². The number of hydrogen-bond donors (Lipinski definition) is 0. The quantitative estimate of drug-likeness (QED) is 0.835. The van der Waals surface area contributed by atoms with E-state index in [1.807, 2.05) is 36.9 Å². The molecular weight excluding hydrogens is 338 g/mol. The van der Waals surface area contributed by atoms with Gasteiger partial charge >= 0.3 is 0 Å². The Morgan fingerprint density at radius 1 is 1.15 bits per heavy atom. The number of amides is 1. The standard InChI is InChI=1S/C21H25N5O/c1-15(18-7-5-4-6-8-18)13-20(27)25-9-11-26(12-10-25)21-19(14-22)16(2)17(3)23-24-21/h4-8,15H,9-13H2,1-3H3/t15-/m1/s1. The van der Waals surface area contributed by atoms with Gasteiger partial charge in [-0.25, -0.2) is 0 Å². The molecule has 6 nitrogen and oxygen atoms in total. The van der Waals surface area contributed by atoms with Crippen molar-refractivity contribution >= 4 is 11.7 Å². The average molecular weight is 363 g/mol. The molecule has 1 saturated heterocycles. The van der Waals surface area contributed by atoms with Gasteiger partial charge in [-0.3, -0.25) is 4.79 Å². The van der Waals surface area contributed by atoms with E-state index in [9.17, 15) is 10.1 Å². The maximum absolute atomic E-state index is 12.7. The highest BCUT2D eigenvalue weighted by Crippen LogP contribution is 2.24. The van der Waals surface area contributed by atoms with Crippen LogP contribution >= 0.6 is 0 Å². The van der Waals surface area contributed by atoms with Crippen molar-refractivity contribution in [2.45, 2.75) is 33.1 Å². The Bertz CT molecular complexity index is 851. The highest BCUT2D eigenvalue weighted by atomic mass is 16.2. The third-order valence-electron chi connectivity index (χ3n) is 5.33. The predicted molar refractivity (Wildman–Crippen MR) is 104 cm³/mol. The highest BCUT2D eigenvalue weighted by molar-refractivity contribution is 5.77. The summed E-state index contributed by atoms with van der Waals surface area (Å²) in [5.41, 5.74) is 3.42. The van der Waals surface area contributed by atoms with Crippen LogP contribution in [0, 0.1) is 25.2 Å². The maximum Gasteiger partial charge on any atom is 0.223 e. The molecule has 6 heteroatoms. The van der Waals surface area contributed by atoms with Crippen LogP contribution in [0.25, 0.3) is 0 Å². The van der Waals surface area contributed by atoms with Crippen LogP contribution in [-0.2, 0) is 4.79 Å². The van der Waals surface area contributed by atoms with Crippen molar-refractivity contribution in [1.29, 1.82) is 5.26 Å². The van der Waals surface area contributed by atoms with Gasteiger partial charge in [-0.1, -0.05) is 37.3 Å². The highest BCUT2D eigenvalue weighted by Gasteiger charge is 2.25. The molecule has 2 heterocycles. The van der Waals surface area contributed by atoms with Crippen LogP contribution in [0.5, 0.6) is 0 Å². The lowest BCUT2D eigenvalue weighted by atomic mass is 9.97. The Balaban J connectivity index is 1.62. The monoisotopic (exact) mass is 363 g/mol. The summed E-state index contributed by atoms with van der Waals surface area (Å²) >= 11 is 0. The van der Waals surface area contributed by atoms with Crippen molar-refractivity contribution < 1.29 is 4.79 Å². The number of nitrogens with zero attached hydrogens (tertiary/aromatic N) is 5. The molecule has 1 aliphatic heterocycles. The van der Waals surface area contributed by atoms with Crippen molar-refractivity contribution in [2.24, 2.45) is 0 Å². The Morgan fingerprint density at radius 3 is 2.44 bits per heavy atom. The minimum atomic E-state index is 0.178. The first-order valence-corrected chi connectivity index (χ1v) is 9.33. The van der Waals surface area contributed by atoms with Gasteiger partial charge < -0.3 is 9.80 Å². The molecule has 1 atom stereocenters. The van der Waals surface area contributed by atoms with Gasteiger partial charge in [0, 0.05) is 32.6 Å². The molecule has 0 saturated carbocycles. The number of nitriles is 1. The number of anilines is 1. The number of hydrogen-bond acceptors (Lipinski definition) is 5. The van der Waals surface area contributed by atoms with Crippen LogP contribution in [0.4, 0.5) is 5.82 Å². The number of piperazine rings is 1. The fourth-order valence-corrected chi connectivity index (χ4v) is 3.41. The minimum absolute atomic E-state index is 0.178. The van der Waals surface area contributed by atoms with Crippen molar-refractivity contribution in [3.63, 3.8) is 0 Å². The van der Waals surface area contributed by atoms with Gasteiger partial charge in [-0.2, -0.15) is 10.4 Å². The smallest absolute Gasteiger partial charge is 0.223 e. The van der Waals surface area contributed by atoms with Gasteiger partial charge in [-0.05, 0) is 30.9 Å². The summed E-state index contributed by atoms with van der Waals surface area (Å²) in [5.74, 6) is 1.01. The molecule has 0 bridgehead atoms. The lowest BCUT2D eigenvalue weighted by molar-refractivity contribution is -0.131. The van der Waals surface area contributed by atoms with Crippen LogP contribution in [0.2, 0.25) is 0 Å². The number of aromatic nitrogens is 2. The van der Waals surface area contributed by atoms with Gasteiger partial charge in [0.2, 0.25) is 5.91 Å². The van der Waals surface area contributed by atoms with E-state index in [4.69, 9.17) is 0 Å². The molecule has 1 aromatic carbocycles. The van der Waals surface area contributed by atoms with Crippen molar-refractivity contribution in [3.05, 3.63) is 52.7 Å². The summed E-state index contributed by atoms with van der Waals surface area (Å²) < 4.78 is 0. The SMILES string of the molecule is Cc1nnc(N2CCN(C(=O)C[C@@H](C)c3ccccc3)CC2)c(C#N)c1C. The minimum Gasteiger partial charge on any atom is -0.350 e. The fraction of sp³-hybridized carbons (Fsp3) is 0.429. The number of aryl methyl sites for hydroxylation is 1. The molecule has 140 valence electrons. The maximum atomic E-state index is 12.7. The van der Waals surface area contributed by atoms with Gasteiger partial charge in [0.15, 0.2) is 5.82 Å². The fourth-order valence-electron chi connectivity index (χ4n) is 3.41. The Kier molecular flexibility index (Phi) is 5.70. The Hall–Kier alpha value is -2.94. The van der Waals surface area contributed by atoms with Crippen LogP contribution < -0.4 is 4.90 Å². The Morgan fingerprint density at radius 2 is 1.81 bits per heavy atom. The number of carbonyl (C=O) groups is 1. The largest absolute Gasteiger partial charge is 0.350 e. The molecule has 27 heavy (non-hydrogen) atoms. The van der Waals surface area contributed by atoms with Crippen LogP contribution in [0.3, 0.4) is 0 Å². The van der Waals surface area contributed by atoms with Gasteiger partial charge in [0.05, 0.1) is 5.69 Å². The van der Waals surface area contributed by atoms with E-state index in [1.54, 1.807) is 0 Å². The van der Waals surface area contributed by atoms with E-state index in [0.717, 1.165) is 11.3 Å². The summed E-state index contributed by atoms with van der Waals surface area (Å²) in [5, 5.41) is 17.9. The van der Waals surface area contributed by atoms with E-state index in [0.29, 0.717) is 44.0 Å². The zero-order valence-electron chi connectivity index (χ0n) is 16.1. The lowest BCUT2D eigenvalue weighted by Gasteiger charge is -2.36. The lowest BCUT2D eigenvalue weighted by Crippen LogP contribution is -2.49. The van der Waals surface area contributed by atoms with Crippen LogP contribution in [0.15, 0.2) is 30.3 Å². The van der Waals surface area contributed by atoms with Crippen LogP contribution in [-0.4, -0.2) is 47.2 Å². The molecule has 2 aromatic rings. The van der Waals surface area contributed by atoms with E-state index in [1.165, 1.54) is 5.56 Å². The summed E-state index contributed by atoms with van der Waals surface area (Å²) in [4.78, 5) is 16.6. The molecule has 3 rings (SSSR count). The second kappa shape index (κ2) is 8.17. The number of carbonyl (C=O) groups excluding carboxylic acids is 1. The first-order chi connectivity index (χ1) is 13.0. The summed E-state index contributed by atoms with van der Waals surface area (Å²) in [6.07, 6.45) is 0.511. The molecule has 1 aromatic heterocycles. The summed E-state index contributed by atoms with van der Waals surface area (Å²) in [6, 6.07) is 12.4. The molecule has 1 amide bonds. The first kappa shape index (κ1) is 18.8. The van der Waals surface area contributed by atoms with Crippen LogP contribution in [0.1, 0.15) is 41.6 Å². The molecule has 0 aliphatic carbocycles. The second-order valence-corrected chi connectivity index (χ2v) is 7.10. The van der Waals surface area contributed by atoms with Crippen molar-refractivity contribution in [3.8, 4) is 6.07 Å². The molecule has 0 spiro atoms. The Labute approximate surface area is 160 Å². The third-order valence-corrected chi connectivity index (χ3v) is 5.33. The number of rotatable bonds is 4. The molecule has 0 N–H and O–H groups in total. The zero-order valence-corrected chi connectivity index (χ0v) is 16.1. The van der Waals surface area contributed by atoms with Crippen molar-refractivity contribution in [2.75, 3.05) is 31.1 Å². The molecule has 0 unspecified atom stereocenters. The van der Waals surface area contributed by atoms with Gasteiger partial charge in [0.1, 0.15) is 11.6 Å². The topological polar surface area (TPSA) is 73.1 Å². The summed E-state index contributed by atoms with van der Waals surface area (Å²) in [7, 11) is 0. The first-order valence-electron chi connectivity index (χ1n) is 9.33.